The van der Waals surface area contributed by atoms with Crippen molar-refractivity contribution in [2.24, 2.45) is 0 Å². The van der Waals surface area contributed by atoms with Crippen LogP contribution >= 0.6 is 0 Å². The summed E-state index contributed by atoms with van der Waals surface area (Å²) in [6.07, 6.45) is -7.12. The maximum absolute atomic E-state index is 13.5. The van der Waals surface area contributed by atoms with Gasteiger partial charge in [0.1, 0.15) is 0 Å². The van der Waals surface area contributed by atoms with Crippen LogP contribution in [0.15, 0.2) is 24.3 Å². The van der Waals surface area contributed by atoms with Crippen LogP contribution in [0.5, 0.6) is 0 Å². The summed E-state index contributed by atoms with van der Waals surface area (Å²) in [5.74, 6) is -14.6. The molecule has 0 aliphatic carbocycles. The molecule has 0 unspecified atom stereocenters. The third kappa shape index (κ3) is 4.52. The van der Waals surface area contributed by atoms with Gasteiger partial charge < -0.3 is 0 Å². The van der Waals surface area contributed by atoms with Gasteiger partial charge in [0.25, 0.3) is 0 Å². The van der Waals surface area contributed by atoms with Gasteiger partial charge in [-0.05, 0) is 25.6 Å². The zero-order valence-electron chi connectivity index (χ0n) is 14.2. The van der Waals surface area contributed by atoms with Crippen molar-refractivity contribution in [1.29, 1.82) is 0 Å². The normalized spacial score (nSPS) is 15.0. The van der Waals surface area contributed by atoms with E-state index in [1.165, 1.54) is 24.3 Å². The van der Waals surface area contributed by atoms with Crippen LogP contribution in [0.2, 0.25) is 0 Å². The van der Waals surface area contributed by atoms with E-state index in [1.54, 1.807) is 0 Å². The fourth-order valence-corrected chi connectivity index (χ4v) is 4.98. The van der Waals surface area contributed by atoms with Crippen LogP contribution in [0, 0.1) is 3.57 Å². The summed E-state index contributed by atoms with van der Waals surface area (Å²) >= 11 is -2.42. The lowest BCUT2D eigenvalue weighted by Crippen LogP contribution is -3.62. The Morgan fingerprint density at radius 2 is 1.21 bits per heavy atom. The van der Waals surface area contributed by atoms with E-state index in [9.17, 15) is 47.9 Å². The van der Waals surface area contributed by atoms with Crippen molar-refractivity contribution in [2.45, 2.75) is 49.5 Å². The first-order valence-electron chi connectivity index (χ1n) is 7.07. The van der Waals surface area contributed by atoms with E-state index in [1.807, 2.05) is 20.8 Å². The Morgan fingerprint density at radius 3 is 1.57 bits per heavy atom. The molecule has 28 heavy (non-hydrogen) atoms. The largest absolute Gasteiger partial charge is 0.540 e. The van der Waals surface area contributed by atoms with Crippen molar-refractivity contribution >= 4 is 10.1 Å². The molecule has 0 amide bonds. The van der Waals surface area contributed by atoms with Gasteiger partial charge in [0.15, 0.2) is 0 Å². The number of alkyl halides is 9. The summed E-state index contributed by atoms with van der Waals surface area (Å²) in [6, 6.07) is 5.42. The predicted octanol–water partition coefficient (Wildman–Crippen LogP) is 1.93. The number of benzene rings is 1. The van der Waals surface area contributed by atoms with Crippen molar-refractivity contribution in [2.75, 3.05) is 0 Å². The van der Waals surface area contributed by atoms with E-state index in [0.29, 0.717) is 0 Å². The molecule has 0 atom stereocenters. The third-order valence-electron chi connectivity index (χ3n) is 3.34. The average Bonchev–Trinajstić information content (AvgIpc) is 2.51. The summed E-state index contributed by atoms with van der Waals surface area (Å²) in [7, 11) is -6.81. The van der Waals surface area contributed by atoms with E-state index < -0.39 is 55.0 Å². The molecule has 0 aliphatic rings. The van der Waals surface area contributed by atoms with E-state index in [2.05, 4.69) is 2.51 Å². The van der Waals surface area contributed by atoms with Gasteiger partial charge in [-0.1, -0.05) is 32.9 Å². The molecule has 0 heterocycles. The molecule has 1 rings (SSSR count). The maximum atomic E-state index is 13.5. The number of hydrogen-bond acceptors (Lipinski definition) is 3. The molecule has 0 radical (unpaired) electrons. The molecular weight excluding hydrogens is 546 g/mol. The van der Waals surface area contributed by atoms with Crippen molar-refractivity contribution in [3.05, 3.63) is 33.4 Å². The van der Waals surface area contributed by atoms with Crippen molar-refractivity contribution < 1.29 is 72.1 Å². The molecule has 1 aromatic carbocycles. The Balaban J connectivity index is 3.11. The minimum absolute atomic E-state index is 0.0166. The van der Waals surface area contributed by atoms with Gasteiger partial charge in [0.05, 0.1) is 0 Å². The first kappa shape index (κ1) is 25.3. The summed E-state index contributed by atoms with van der Waals surface area (Å²) in [5, 5.41) is -6.83. The van der Waals surface area contributed by atoms with Crippen LogP contribution in [0.25, 0.3) is 0 Å². The molecule has 0 aliphatic heterocycles. The molecule has 1 aromatic rings. The van der Waals surface area contributed by atoms with Gasteiger partial charge >= 0.3 is 55.0 Å². The van der Waals surface area contributed by atoms with Crippen LogP contribution in [-0.4, -0.2) is 31.7 Å². The van der Waals surface area contributed by atoms with Gasteiger partial charge in [0, 0.05) is 0 Å². The highest BCUT2D eigenvalue weighted by Gasteiger charge is 2.86. The van der Waals surface area contributed by atoms with Crippen LogP contribution in [0.1, 0.15) is 26.3 Å². The second-order valence-corrected chi connectivity index (χ2v) is 10.8. The standard InChI is InChI=1S/C14H13F9IO3S/c1-10(2,3)8-4-6-9(7-5-8)24-27-28(25,26)14(22,23)12(17,18)11(15,16)13(19,20)21/h4-7H,1-3H3/q+1. The number of rotatable bonds is 6. The maximum Gasteiger partial charge on any atom is 0.540 e. The lowest BCUT2D eigenvalue weighted by molar-refractivity contribution is -0.838. The second kappa shape index (κ2) is 7.49. The Hall–Kier alpha value is -0.770. The summed E-state index contributed by atoms with van der Waals surface area (Å²) < 4.78 is 142. The molecule has 0 saturated carbocycles. The minimum Gasteiger partial charge on any atom is -0.191 e. The summed E-state index contributed by atoms with van der Waals surface area (Å²) in [5.41, 5.74) is 0.409. The van der Waals surface area contributed by atoms with Gasteiger partial charge in [-0.3, -0.25) is 0 Å². The zero-order chi connectivity index (χ0) is 22.4. The molecule has 3 nitrogen and oxygen atoms in total. The fourth-order valence-electron chi connectivity index (χ4n) is 1.64. The molecule has 0 fully saturated rings. The molecule has 0 spiro atoms. The average molecular weight is 559 g/mol. The van der Waals surface area contributed by atoms with Crippen LogP contribution in [0.4, 0.5) is 39.5 Å². The predicted molar refractivity (Wildman–Crippen MR) is 74.7 cm³/mol. The molecule has 14 heteroatoms. The highest BCUT2D eigenvalue weighted by atomic mass is 127. The quantitative estimate of drug-likeness (QED) is 0.396. The topological polar surface area (TPSA) is 43.4 Å². The molecule has 0 aromatic heterocycles. The monoisotopic (exact) mass is 559 g/mol. The highest BCUT2D eigenvalue weighted by molar-refractivity contribution is 7.87. The van der Waals surface area contributed by atoms with Crippen molar-refractivity contribution in [3.63, 3.8) is 0 Å². The smallest absolute Gasteiger partial charge is 0.191 e. The van der Waals surface area contributed by atoms with E-state index in [0.717, 1.165) is 5.56 Å². The fraction of sp³-hybridized carbons (Fsp3) is 0.571. The van der Waals surface area contributed by atoms with E-state index in [4.69, 9.17) is 0 Å². The third-order valence-corrected chi connectivity index (χ3v) is 7.64. The van der Waals surface area contributed by atoms with Crippen molar-refractivity contribution in [3.8, 4) is 0 Å². The molecule has 0 bridgehead atoms. The molecule has 162 valence electrons. The Labute approximate surface area is 165 Å². The lowest BCUT2D eigenvalue weighted by Gasteiger charge is -2.31. The van der Waals surface area contributed by atoms with Gasteiger partial charge in [-0.15, -0.1) is 0 Å². The Morgan fingerprint density at radius 1 is 0.786 bits per heavy atom. The zero-order valence-corrected chi connectivity index (χ0v) is 17.2. The molecular formula is C14H13F9IO3S+. The van der Waals surface area contributed by atoms with Gasteiger partial charge in [-0.25, -0.2) is 0 Å². The van der Waals surface area contributed by atoms with Gasteiger partial charge in [-0.2, -0.15) is 47.9 Å². The number of hydrogen-bond donors (Lipinski definition) is 0. The summed E-state index contributed by atoms with van der Waals surface area (Å²) in [4.78, 5) is 0. The van der Waals surface area contributed by atoms with Crippen LogP contribution < -0.4 is 21.6 Å². The summed E-state index contributed by atoms with van der Waals surface area (Å²) in [6.45, 7) is 5.46. The van der Waals surface area contributed by atoms with Crippen LogP contribution in [0.3, 0.4) is 0 Å². The highest BCUT2D eigenvalue weighted by Crippen LogP contribution is 2.54. The van der Waals surface area contributed by atoms with E-state index in [-0.39, 0.29) is 8.99 Å². The minimum atomic E-state index is -7.31. The Bertz CT molecular complexity index is 797. The Kier molecular flexibility index (Phi) is 6.75. The SMILES string of the molecule is CC(C)(C)c1ccc([I+]OS(=O)(=O)C(F)(F)C(F)(F)C(F)(F)C(F)(F)F)cc1. The van der Waals surface area contributed by atoms with Gasteiger partial charge in [0.2, 0.25) is 3.57 Å². The lowest BCUT2D eigenvalue weighted by atomic mass is 9.87. The van der Waals surface area contributed by atoms with E-state index >= 15 is 0 Å². The van der Waals surface area contributed by atoms with Crippen LogP contribution in [-0.2, 0) is 18.0 Å². The number of halogens is 10. The first-order chi connectivity index (χ1) is 12.2. The first-order valence-corrected chi connectivity index (χ1v) is 10.4. The second-order valence-electron chi connectivity index (χ2n) is 6.51. The molecule has 0 N–H and O–H groups in total. The van der Waals surface area contributed by atoms with Crippen molar-refractivity contribution in [1.82, 2.24) is 0 Å². The molecule has 0 saturated heterocycles.